The summed E-state index contributed by atoms with van der Waals surface area (Å²) in [6, 6.07) is 17.1. The van der Waals surface area contributed by atoms with E-state index in [0.29, 0.717) is 132 Å². The molecule has 8 aromatic rings. The number of benzene rings is 4. The van der Waals surface area contributed by atoms with E-state index in [9.17, 15) is 39.0 Å². The normalized spacial score (nSPS) is 16.1. The summed E-state index contributed by atoms with van der Waals surface area (Å²) >= 11 is 38.7. The standard InChI is InChI=1S/2C31H24Cl3N3O5.Na/c2*1-2-24(38)36-10-8-16(9-11-36)30-28(29(35-42-30)27-21(33)13-19(32)14-22(27)34)31(41)37-15-18-7-6-17(12-25(39)40)20-4-3-5-23(37)26(18)20;/h2*2-5,12-16H,1,6-11H2,(H,39,40);/q;;+1/p-1/b2*17-12+;. The first kappa shape index (κ1) is 61.4. The number of carbonyl (C=O) groups is 6. The molecule has 6 heterocycles. The van der Waals surface area contributed by atoms with E-state index in [-0.39, 0.29) is 102 Å². The summed E-state index contributed by atoms with van der Waals surface area (Å²) in [5.41, 5.74) is 7.49. The number of nitrogens with zero attached hydrogens (tertiary/aromatic N) is 6. The van der Waals surface area contributed by atoms with Crippen molar-refractivity contribution in [2.45, 2.75) is 63.2 Å². The number of aliphatic carboxylic acids is 2. The summed E-state index contributed by atoms with van der Waals surface area (Å²) in [5.74, 6) is -2.97. The SMILES string of the molecule is C=CC(=O)N1CCC(c2onc(-c3c(Cl)cc(Cl)cc3Cl)c2C(=O)n2cc3c4c(cccc42)/C(=C/C(=O)O)CC3)CC1.C=CC(=O)N1CCC(c2onc(-c3c(Cl)cc(Cl)cc3Cl)c2C(=O)n2cc3c4c(cccc42)/C(=C/C(=O)[O-])CC3)CC1.[Na+]. The molecule has 4 aromatic heterocycles. The second kappa shape index (κ2) is 25.3. The minimum Gasteiger partial charge on any atom is -0.545 e. The van der Waals surface area contributed by atoms with Crippen LogP contribution < -0.4 is 34.7 Å². The minimum atomic E-state index is -1.27. The quantitative estimate of drug-likeness (QED) is 0.100. The largest absolute Gasteiger partial charge is 1.00 e. The first-order chi connectivity index (χ1) is 40.3. The Kier molecular flexibility index (Phi) is 18.3. The van der Waals surface area contributed by atoms with Gasteiger partial charge in [-0.3, -0.25) is 28.3 Å². The Hall–Kier alpha value is -6.70. The van der Waals surface area contributed by atoms with Gasteiger partial charge in [0, 0.05) is 88.4 Å². The number of aryl methyl sites for hydroxylation is 2. The van der Waals surface area contributed by atoms with Crippen LogP contribution in [0.2, 0.25) is 30.1 Å². The summed E-state index contributed by atoms with van der Waals surface area (Å²) < 4.78 is 14.9. The first-order valence-electron chi connectivity index (χ1n) is 26.7. The van der Waals surface area contributed by atoms with Crippen molar-refractivity contribution < 1.29 is 77.6 Å². The third kappa shape index (κ3) is 11.7. The minimum absolute atomic E-state index is 0. The van der Waals surface area contributed by atoms with Gasteiger partial charge in [-0.1, -0.05) is 117 Å². The van der Waals surface area contributed by atoms with Crippen LogP contribution in [0.15, 0.2) is 120 Å². The number of amides is 2. The Bertz CT molecular complexity index is 3880. The van der Waals surface area contributed by atoms with Crippen LogP contribution in [0.4, 0.5) is 0 Å². The Morgan fingerprint density at radius 2 is 0.953 bits per heavy atom. The maximum Gasteiger partial charge on any atom is 1.00 e. The average Bonchev–Trinajstić information content (AvgIpc) is 2.06. The zero-order valence-electron chi connectivity index (χ0n) is 45.4. The summed E-state index contributed by atoms with van der Waals surface area (Å²) in [6.45, 7) is 9.02. The van der Waals surface area contributed by atoms with E-state index >= 15 is 0 Å². The zero-order chi connectivity index (χ0) is 59.4. The fourth-order valence-electron chi connectivity index (χ4n) is 12.1. The van der Waals surface area contributed by atoms with Crippen LogP contribution in [0, 0.1) is 0 Å². The molecule has 2 fully saturated rings. The molecule has 2 aliphatic heterocycles. The second-order valence-corrected chi connectivity index (χ2v) is 23.2. The number of hydrogen-bond acceptors (Lipinski definition) is 11. The molecule has 85 heavy (non-hydrogen) atoms. The summed E-state index contributed by atoms with van der Waals surface area (Å²) in [7, 11) is 0. The number of likely N-dealkylation sites (tertiary alicyclic amines) is 2. The molecule has 2 amide bonds. The van der Waals surface area contributed by atoms with Crippen molar-refractivity contribution >= 4 is 138 Å². The van der Waals surface area contributed by atoms with Crippen LogP contribution in [0.1, 0.15) is 105 Å². The monoisotopic (exact) mass is 1270 g/mol. The van der Waals surface area contributed by atoms with Crippen molar-refractivity contribution in [1.82, 2.24) is 29.2 Å². The van der Waals surface area contributed by atoms with E-state index in [1.165, 1.54) is 42.5 Å². The van der Waals surface area contributed by atoms with Gasteiger partial charge >= 0.3 is 35.5 Å². The Morgan fingerprint density at radius 1 is 0.576 bits per heavy atom. The summed E-state index contributed by atoms with van der Waals surface area (Å²) in [5, 5.41) is 32.5. The van der Waals surface area contributed by atoms with E-state index in [2.05, 4.69) is 23.5 Å². The van der Waals surface area contributed by atoms with Crippen molar-refractivity contribution in [3.63, 3.8) is 0 Å². The van der Waals surface area contributed by atoms with E-state index in [4.69, 9.17) is 78.7 Å². The van der Waals surface area contributed by atoms with Crippen LogP contribution >= 0.6 is 69.6 Å². The van der Waals surface area contributed by atoms with Gasteiger partial charge in [-0.05, 0) is 139 Å². The molecule has 428 valence electrons. The van der Waals surface area contributed by atoms with Gasteiger partial charge < -0.3 is 33.9 Å². The van der Waals surface area contributed by atoms with E-state index in [0.717, 1.165) is 39.1 Å². The van der Waals surface area contributed by atoms with Crippen molar-refractivity contribution in [2.24, 2.45) is 0 Å². The van der Waals surface area contributed by atoms with Crippen molar-refractivity contribution in [1.29, 1.82) is 0 Å². The van der Waals surface area contributed by atoms with Crippen LogP contribution in [0.3, 0.4) is 0 Å². The molecular formula is C62H47Cl6N6NaO10. The molecule has 4 aromatic carbocycles. The van der Waals surface area contributed by atoms with Gasteiger partial charge in [-0.25, -0.2) is 4.79 Å². The van der Waals surface area contributed by atoms with E-state index in [1.807, 2.05) is 24.3 Å². The Labute approximate surface area is 538 Å². The van der Waals surface area contributed by atoms with Gasteiger partial charge in [0.15, 0.2) is 11.5 Å². The van der Waals surface area contributed by atoms with E-state index < -0.39 is 17.8 Å². The van der Waals surface area contributed by atoms with Gasteiger partial charge in [0.05, 0.1) is 37.1 Å². The number of allylic oxidation sites excluding steroid dienone is 2. The van der Waals surface area contributed by atoms with Gasteiger partial charge in [0.1, 0.15) is 22.5 Å². The second-order valence-electron chi connectivity index (χ2n) is 20.7. The number of carboxylic acid groups (broad SMARTS) is 2. The van der Waals surface area contributed by atoms with Crippen LogP contribution in [0.5, 0.6) is 0 Å². The smallest absolute Gasteiger partial charge is 0.545 e. The molecule has 2 aliphatic carbocycles. The number of piperidine rings is 2. The maximum atomic E-state index is 14.6. The average molecular weight is 1270 g/mol. The molecule has 0 saturated carbocycles. The number of aromatic nitrogens is 4. The predicted octanol–water partition coefficient (Wildman–Crippen LogP) is 10.2. The van der Waals surface area contributed by atoms with Crippen molar-refractivity contribution in [2.75, 3.05) is 26.2 Å². The summed E-state index contributed by atoms with van der Waals surface area (Å²) in [4.78, 5) is 79.7. The molecule has 0 bridgehead atoms. The molecule has 16 nitrogen and oxygen atoms in total. The third-order valence-electron chi connectivity index (χ3n) is 15.9. The molecular weight excluding hydrogens is 1220 g/mol. The molecule has 1 N–H and O–H groups in total. The number of rotatable bonds is 10. The third-order valence-corrected chi connectivity index (χ3v) is 17.5. The Morgan fingerprint density at radius 3 is 1.31 bits per heavy atom. The van der Waals surface area contributed by atoms with Gasteiger partial charge in [-0.2, -0.15) is 0 Å². The van der Waals surface area contributed by atoms with Crippen molar-refractivity contribution in [3.05, 3.63) is 186 Å². The predicted molar refractivity (Wildman–Crippen MR) is 320 cm³/mol. The van der Waals surface area contributed by atoms with Gasteiger partial charge in [0.2, 0.25) is 11.8 Å². The summed E-state index contributed by atoms with van der Waals surface area (Å²) in [6.07, 6.45) is 12.9. The van der Waals surface area contributed by atoms with Gasteiger partial charge in [-0.15, -0.1) is 0 Å². The molecule has 4 aliphatic rings. The number of carbonyl (C=O) groups excluding carboxylic acids is 5. The molecule has 0 radical (unpaired) electrons. The topological polar surface area (TPSA) is 214 Å². The first-order valence-corrected chi connectivity index (χ1v) is 28.9. The molecule has 0 spiro atoms. The molecule has 12 rings (SSSR count). The van der Waals surface area contributed by atoms with Gasteiger partial charge in [0.25, 0.3) is 11.8 Å². The Balaban J connectivity index is 0.000000187. The molecule has 0 atom stereocenters. The number of halogens is 6. The molecule has 2 saturated heterocycles. The van der Waals surface area contributed by atoms with E-state index in [1.54, 1.807) is 43.5 Å². The fraction of sp³-hybridized carbons (Fsp3) is 0.226. The molecule has 0 unspecified atom stereocenters. The zero-order valence-corrected chi connectivity index (χ0v) is 51.9. The molecule has 23 heteroatoms. The van der Waals surface area contributed by atoms with Crippen LogP contribution in [-0.2, 0) is 32.0 Å². The fourth-order valence-corrected chi connectivity index (χ4v) is 14.1. The number of carboxylic acids is 2. The van der Waals surface area contributed by atoms with Crippen LogP contribution in [0.25, 0.3) is 55.5 Å². The maximum absolute atomic E-state index is 14.6. The van der Waals surface area contributed by atoms with Crippen LogP contribution in [-0.4, -0.2) is 96.1 Å². The number of hydrogen-bond donors (Lipinski definition) is 1. The van der Waals surface area contributed by atoms with Crippen molar-refractivity contribution in [3.8, 4) is 22.5 Å².